The maximum Gasteiger partial charge on any atom is 0.243 e. The van der Waals surface area contributed by atoms with E-state index in [0.29, 0.717) is 18.7 Å². The lowest BCUT2D eigenvalue weighted by atomic mass is 10.0. The Morgan fingerprint density at radius 2 is 1.56 bits per heavy atom. The molecule has 1 unspecified atom stereocenters. The summed E-state index contributed by atoms with van der Waals surface area (Å²) < 4.78 is 18.7. The Balaban J connectivity index is 1.92. The predicted octanol–water partition coefficient (Wildman–Crippen LogP) is 4.54. The van der Waals surface area contributed by atoms with Gasteiger partial charge in [-0.1, -0.05) is 61.5 Å². The predicted molar refractivity (Wildman–Crippen MR) is 131 cm³/mol. The zero-order chi connectivity index (χ0) is 24.3. The lowest BCUT2D eigenvalue weighted by molar-refractivity contribution is -0.140. The Hall–Kier alpha value is -3.67. The fraction of sp³-hybridized carbons (Fsp3) is 0.286. The van der Waals surface area contributed by atoms with Gasteiger partial charge < -0.3 is 15.0 Å². The molecule has 2 amide bonds. The van der Waals surface area contributed by atoms with Crippen LogP contribution in [0.5, 0.6) is 5.75 Å². The second-order valence-electron chi connectivity index (χ2n) is 8.17. The van der Waals surface area contributed by atoms with Gasteiger partial charge in [0, 0.05) is 19.5 Å². The van der Waals surface area contributed by atoms with E-state index in [0.717, 1.165) is 23.1 Å². The van der Waals surface area contributed by atoms with Gasteiger partial charge in [0.25, 0.3) is 0 Å². The fourth-order valence-electron chi connectivity index (χ4n) is 3.73. The van der Waals surface area contributed by atoms with E-state index in [9.17, 15) is 14.0 Å². The van der Waals surface area contributed by atoms with Crippen LogP contribution in [-0.2, 0) is 29.0 Å². The molecule has 0 saturated carbocycles. The molecule has 3 aromatic rings. The number of amides is 2. The van der Waals surface area contributed by atoms with Gasteiger partial charge in [-0.15, -0.1) is 0 Å². The minimum absolute atomic E-state index is 0.136. The molecule has 34 heavy (non-hydrogen) atoms. The summed E-state index contributed by atoms with van der Waals surface area (Å²) in [6.07, 6.45) is 1.31. The first-order valence-electron chi connectivity index (χ1n) is 11.5. The van der Waals surface area contributed by atoms with Gasteiger partial charge in [-0.3, -0.25) is 9.59 Å². The molecule has 0 radical (unpaired) electrons. The highest BCUT2D eigenvalue weighted by atomic mass is 19.1. The number of halogens is 1. The van der Waals surface area contributed by atoms with Crippen LogP contribution in [0.4, 0.5) is 4.39 Å². The molecule has 3 rings (SSSR count). The van der Waals surface area contributed by atoms with E-state index in [4.69, 9.17) is 4.74 Å². The molecule has 0 heterocycles. The van der Waals surface area contributed by atoms with Crippen LogP contribution < -0.4 is 10.1 Å². The average Bonchev–Trinajstić information content (AvgIpc) is 2.86. The molecule has 0 aliphatic rings. The molecule has 0 spiro atoms. The molecule has 1 atom stereocenters. The van der Waals surface area contributed by atoms with E-state index in [2.05, 4.69) is 5.32 Å². The summed E-state index contributed by atoms with van der Waals surface area (Å²) in [6, 6.07) is 22.3. The van der Waals surface area contributed by atoms with Crippen molar-refractivity contribution in [2.45, 2.75) is 38.8 Å². The zero-order valence-corrected chi connectivity index (χ0v) is 19.7. The van der Waals surface area contributed by atoms with E-state index in [1.807, 2.05) is 61.5 Å². The topological polar surface area (TPSA) is 58.6 Å². The van der Waals surface area contributed by atoms with Gasteiger partial charge in [0.15, 0.2) is 0 Å². The Morgan fingerprint density at radius 3 is 2.18 bits per heavy atom. The summed E-state index contributed by atoms with van der Waals surface area (Å²) in [6.45, 7) is 2.71. The SMILES string of the molecule is CCCNC(=O)C(Cc1ccccc1)N(Cc1ccc(F)cc1)C(=O)Cc1ccc(OC)cc1. The molecule has 6 heteroatoms. The van der Waals surface area contributed by atoms with Crippen molar-refractivity contribution in [3.8, 4) is 5.75 Å². The van der Waals surface area contributed by atoms with Crippen molar-refractivity contribution in [1.29, 1.82) is 0 Å². The normalized spacial score (nSPS) is 11.5. The highest BCUT2D eigenvalue weighted by molar-refractivity contribution is 5.88. The number of ether oxygens (including phenoxy) is 1. The van der Waals surface area contributed by atoms with Crippen molar-refractivity contribution in [2.75, 3.05) is 13.7 Å². The van der Waals surface area contributed by atoms with Crippen molar-refractivity contribution in [2.24, 2.45) is 0 Å². The Labute approximate surface area is 200 Å². The molecular weight excluding hydrogens is 431 g/mol. The monoisotopic (exact) mass is 462 g/mol. The highest BCUT2D eigenvalue weighted by Gasteiger charge is 2.30. The van der Waals surface area contributed by atoms with Gasteiger partial charge >= 0.3 is 0 Å². The molecule has 0 bridgehead atoms. The largest absolute Gasteiger partial charge is 0.497 e. The van der Waals surface area contributed by atoms with Gasteiger partial charge in [-0.05, 0) is 47.4 Å². The molecular formula is C28H31FN2O3. The van der Waals surface area contributed by atoms with Crippen LogP contribution in [0.25, 0.3) is 0 Å². The number of benzene rings is 3. The summed E-state index contributed by atoms with van der Waals surface area (Å²) in [4.78, 5) is 28.4. The van der Waals surface area contributed by atoms with Crippen LogP contribution in [0, 0.1) is 5.82 Å². The molecule has 0 fully saturated rings. The quantitative estimate of drug-likeness (QED) is 0.455. The Kier molecular flexibility index (Phi) is 9.21. The molecule has 178 valence electrons. The van der Waals surface area contributed by atoms with Crippen LogP contribution in [0.3, 0.4) is 0 Å². The molecule has 0 aliphatic heterocycles. The summed E-state index contributed by atoms with van der Waals surface area (Å²) in [5.74, 6) is -0.0142. The maximum absolute atomic E-state index is 13.6. The van der Waals surface area contributed by atoms with Crippen molar-refractivity contribution >= 4 is 11.8 Å². The van der Waals surface area contributed by atoms with Gasteiger partial charge in [-0.25, -0.2) is 4.39 Å². The third kappa shape index (κ3) is 7.17. The van der Waals surface area contributed by atoms with Gasteiger partial charge in [0.05, 0.1) is 13.5 Å². The van der Waals surface area contributed by atoms with E-state index in [-0.39, 0.29) is 30.6 Å². The lowest BCUT2D eigenvalue weighted by Gasteiger charge is -2.31. The summed E-state index contributed by atoms with van der Waals surface area (Å²) in [5, 5.41) is 2.95. The minimum atomic E-state index is -0.704. The third-order valence-corrected chi connectivity index (χ3v) is 5.60. The van der Waals surface area contributed by atoms with Crippen LogP contribution >= 0.6 is 0 Å². The first-order valence-corrected chi connectivity index (χ1v) is 11.5. The minimum Gasteiger partial charge on any atom is -0.497 e. The van der Waals surface area contributed by atoms with Crippen molar-refractivity contribution < 1.29 is 18.7 Å². The number of methoxy groups -OCH3 is 1. The van der Waals surface area contributed by atoms with E-state index in [1.54, 1.807) is 24.1 Å². The number of rotatable bonds is 11. The van der Waals surface area contributed by atoms with E-state index in [1.165, 1.54) is 12.1 Å². The number of hydrogen-bond donors (Lipinski definition) is 1. The Bertz CT molecular complexity index is 1050. The van der Waals surface area contributed by atoms with E-state index < -0.39 is 6.04 Å². The van der Waals surface area contributed by atoms with Crippen molar-refractivity contribution in [3.05, 3.63) is 101 Å². The molecule has 0 aliphatic carbocycles. The van der Waals surface area contributed by atoms with Gasteiger partial charge in [0.1, 0.15) is 17.6 Å². The van der Waals surface area contributed by atoms with Crippen LogP contribution in [0.2, 0.25) is 0 Å². The molecule has 1 N–H and O–H groups in total. The number of carbonyl (C=O) groups is 2. The number of nitrogens with one attached hydrogen (secondary N) is 1. The van der Waals surface area contributed by atoms with Gasteiger partial charge in [0.2, 0.25) is 11.8 Å². The molecule has 3 aromatic carbocycles. The second kappa shape index (κ2) is 12.5. The number of nitrogens with zero attached hydrogens (tertiary/aromatic N) is 1. The van der Waals surface area contributed by atoms with Crippen LogP contribution in [-0.4, -0.2) is 36.4 Å². The van der Waals surface area contributed by atoms with Crippen LogP contribution in [0.1, 0.15) is 30.0 Å². The number of carbonyl (C=O) groups excluding carboxylic acids is 2. The van der Waals surface area contributed by atoms with Crippen molar-refractivity contribution in [1.82, 2.24) is 10.2 Å². The molecule has 5 nitrogen and oxygen atoms in total. The lowest BCUT2D eigenvalue weighted by Crippen LogP contribution is -2.51. The molecule has 0 aromatic heterocycles. The van der Waals surface area contributed by atoms with Crippen LogP contribution in [0.15, 0.2) is 78.9 Å². The first kappa shape index (κ1) is 25.0. The summed E-state index contributed by atoms with van der Waals surface area (Å²) >= 11 is 0. The Morgan fingerprint density at radius 1 is 0.912 bits per heavy atom. The first-order chi connectivity index (χ1) is 16.5. The van der Waals surface area contributed by atoms with Crippen molar-refractivity contribution in [3.63, 3.8) is 0 Å². The highest BCUT2D eigenvalue weighted by Crippen LogP contribution is 2.18. The standard InChI is InChI=1S/C28H31FN2O3/c1-3-17-30-28(33)26(18-21-7-5-4-6-8-21)31(20-23-9-13-24(29)14-10-23)27(32)19-22-11-15-25(34-2)16-12-22/h4-16,26H,3,17-20H2,1-2H3,(H,30,33). The number of hydrogen-bond acceptors (Lipinski definition) is 3. The summed E-state index contributed by atoms with van der Waals surface area (Å²) in [7, 11) is 1.59. The molecule has 0 saturated heterocycles. The second-order valence-corrected chi connectivity index (χ2v) is 8.17. The van der Waals surface area contributed by atoms with Gasteiger partial charge in [-0.2, -0.15) is 0 Å². The smallest absolute Gasteiger partial charge is 0.243 e. The fourth-order valence-corrected chi connectivity index (χ4v) is 3.73. The summed E-state index contributed by atoms with van der Waals surface area (Å²) in [5.41, 5.74) is 2.54. The zero-order valence-electron chi connectivity index (χ0n) is 19.7. The third-order valence-electron chi connectivity index (χ3n) is 5.60. The van der Waals surface area contributed by atoms with E-state index >= 15 is 0 Å². The maximum atomic E-state index is 13.6. The average molecular weight is 463 g/mol.